The van der Waals surface area contributed by atoms with Gasteiger partial charge in [-0.1, -0.05) is 0 Å². The molecular weight excluding hydrogens is 286 g/mol. The second-order valence-corrected chi connectivity index (χ2v) is 6.86. The molecule has 4 rings (SSSR count). The number of aromatic amines is 1. The van der Waals surface area contributed by atoms with E-state index in [-0.39, 0.29) is 6.10 Å². The van der Waals surface area contributed by atoms with Crippen LogP contribution in [0.5, 0.6) is 0 Å². The Morgan fingerprint density at radius 2 is 2.48 bits per heavy atom. The zero-order valence-electron chi connectivity index (χ0n) is 12.0. The Labute approximate surface area is 127 Å². The van der Waals surface area contributed by atoms with Crippen molar-refractivity contribution in [2.75, 3.05) is 13.1 Å². The maximum Gasteiger partial charge on any atom is 0.153 e. The molecule has 0 saturated carbocycles. The van der Waals surface area contributed by atoms with Crippen molar-refractivity contribution in [2.45, 2.75) is 38.5 Å². The summed E-state index contributed by atoms with van der Waals surface area (Å²) in [5.41, 5.74) is 0. The highest BCUT2D eigenvalue weighted by Crippen LogP contribution is 2.40. The quantitative estimate of drug-likeness (QED) is 0.938. The summed E-state index contributed by atoms with van der Waals surface area (Å²) in [5, 5.41) is 10.3. The molecule has 2 aromatic heterocycles. The summed E-state index contributed by atoms with van der Waals surface area (Å²) in [5.74, 6) is 2.31. The number of nitrogens with zero attached hydrogens (tertiary/aromatic N) is 4. The highest BCUT2D eigenvalue weighted by atomic mass is 32.1. The number of fused-ring (bicyclic) bond motifs is 1. The number of H-pyrrole nitrogens is 1. The van der Waals surface area contributed by atoms with Crippen molar-refractivity contribution >= 4 is 11.3 Å². The highest BCUT2D eigenvalue weighted by molar-refractivity contribution is 7.09. The molecule has 2 fully saturated rings. The Morgan fingerprint density at radius 1 is 1.52 bits per heavy atom. The molecule has 0 aliphatic carbocycles. The van der Waals surface area contributed by atoms with E-state index < -0.39 is 0 Å². The average Bonchev–Trinajstić information content (AvgIpc) is 3.18. The van der Waals surface area contributed by atoms with Crippen LogP contribution in [0.4, 0.5) is 0 Å². The van der Waals surface area contributed by atoms with Crippen molar-refractivity contribution in [3.8, 4) is 0 Å². The summed E-state index contributed by atoms with van der Waals surface area (Å²) in [6, 6.07) is 0. The Morgan fingerprint density at radius 3 is 3.24 bits per heavy atom. The van der Waals surface area contributed by atoms with Crippen molar-refractivity contribution in [1.82, 2.24) is 25.1 Å². The number of aromatic nitrogens is 4. The zero-order chi connectivity index (χ0) is 14.2. The number of hydrogen-bond acceptors (Lipinski definition) is 6. The lowest BCUT2D eigenvalue weighted by Crippen LogP contribution is -2.41. The van der Waals surface area contributed by atoms with Gasteiger partial charge in [-0.25, -0.2) is 9.97 Å². The van der Waals surface area contributed by atoms with Gasteiger partial charge in [0.25, 0.3) is 0 Å². The molecule has 0 spiro atoms. The predicted molar refractivity (Wildman–Crippen MR) is 78.8 cm³/mol. The van der Waals surface area contributed by atoms with Crippen molar-refractivity contribution < 1.29 is 4.74 Å². The standard InChI is InChI=1S/C14H19N5OS/c1-9-16-14(18-17-9)11-6-10-2-4-19(7-12(10)20-11)8-13-15-3-5-21-13/h3,5,10-12H,2,4,6-8H2,1H3,(H,16,17,18)/t10-,11+,12+/m0/s1. The van der Waals surface area contributed by atoms with Crippen molar-refractivity contribution in [3.63, 3.8) is 0 Å². The minimum Gasteiger partial charge on any atom is -0.365 e. The largest absolute Gasteiger partial charge is 0.365 e. The van der Waals surface area contributed by atoms with Gasteiger partial charge in [0.15, 0.2) is 5.82 Å². The van der Waals surface area contributed by atoms with Crippen molar-refractivity contribution in [2.24, 2.45) is 5.92 Å². The number of ether oxygens (including phenoxy) is 1. The molecule has 2 saturated heterocycles. The molecule has 0 unspecified atom stereocenters. The molecule has 112 valence electrons. The number of nitrogens with one attached hydrogen (secondary N) is 1. The van der Waals surface area contributed by atoms with E-state index in [1.807, 2.05) is 18.5 Å². The van der Waals surface area contributed by atoms with Gasteiger partial charge in [0, 0.05) is 18.1 Å². The van der Waals surface area contributed by atoms with Gasteiger partial charge in [-0.3, -0.25) is 10.00 Å². The maximum absolute atomic E-state index is 6.22. The molecule has 2 aliphatic rings. The lowest BCUT2D eigenvalue weighted by molar-refractivity contribution is -0.0119. The van der Waals surface area contributed by atoms with Gasteiger partial charge in [0.05, 0.1) is 12.6 Å². The van der Waals surface area contributed by atoms with E-state index in [0.717, 1.165) is 37.7 Å². The smallest absolute Gasteiger partial charge is 0.153 e. The van der Waals surface area contributed by atoms with Gasteiger partial charge in [0.2, 0.25) is 0 Å². The fourth-order valence-electron chi connectivity index (χ4n) is 3.34. The van der Waals surface area contributed by atoms with Crippen LogP contribution in [0, 0.1) is 12.8 Å². The normalized spacial score (nSPS) is 29.7. The molecule has 0 aromatic carbocycles. The molecule has 7 heteroatoms. The molecule has 0 radical (unpaired) electrons. The van der Waals surface area contributed by atoms with Crippen LogP contribution in [0.15, 0.2) is 11.6 Å². The predicted octanol–water partition coefficient (Wildman–Crippen LogP) is 1.92. The van der Waals surface area contributed by atoms with E-state index in [1.54, 1.807) is 11.3 Å². The number of piperidine rings is 1. The molecule has 6 nitrogen and oxygen atoms in total. The number of likely N-dealkylation sites (tertiary alicyclic amines) is 1. The first-order valence-electron chi connectivity index (χ1n) is 7.43. The van der Waals surface area contributed by atoms with Crippen LogP contribution in [-0.4, -0.2) is 44.3 Å². The Balaban J connectivity index is 1.40. The summed E-state index contributed by atoms with van der Waals surface area (Å²) in [7, 11) is 0. The van der Waals surface area contributed by atoms with Crippen molar-refractivity contribution in [1.29, 1.82) is 0 Å². The molecule has 3 atom stereocenters. The van der Waals surface area contributed by atoms with Gasteiger partial charge < -0.3 is 4.74 Å². The zero-order valence-corrected chi connectivity index (χ0v) is 12.8. The monoisotopic (exact) mass is 305 g/mol. The summed E-state index contributed by atoms with van der Waals surface area (Å²) in [6.07, 6.45) is 4.53. The van der Waals surface area contributed by atoms with Crippen LogP contribution in [0.2, 0.25) is 0 Å². The molecule has 1 N–H and O–H groups in total. The first kappa shape index (κ1) is 13.4. The minimum absolute atomic E-state index is 0.0843. The molecule has 2 aromatic rings. The number of hydrogen-bond donors (Lipinski definition) is 1. The third-order valence-electron chi connectivity index (χ3n) is 4.40. The molecule has 2 aliphatic heterocycles. The number of thiazole rings is 1. The second-order valence-electron chi connectivity index (χ2n) is 5.88. The summed E-state index contributed by atoms with van der Waals surface area (Å²) in [6.45, 7) is 4.97. The fourth-order valence-corrected chi connectivity index (χ4v) is 4.00. The molecule has 0 bridgehead atoms. The third kappa shape index (κ3) is 2.73. The fraction of sp³-hybridized carbons (Fsp3) is 0.643. The van der Waals surface area contributed by atoms with Crippen LogP contribution in [0.1, 0.15) is 35.6 Å². The Hall–Kier alpha value is -1.31. The maximum atomic E-state index is 6.22. The first-order chi connectivity index (χ1) is 10.3. The highest BCUT2D eigenvalue weighted by Gasteiger charge is 2.40. The Kier molecular flexibility index (Phi) is 3.48. The number of rotatable bonds is 3. The SMILES string of the molecule is Cc1n[nH]c([C@H]2C[C@@H]3CCN(Cc4nccs4)C[C@H]3O2)n1. The van der Waals surface area contributed by atoms with Crippen LogP contribution >= 0.6 is 11.3 Å². The van der Waals surface area contributed by atoms with E-state index in [9.17, 15) is 0 Å². The number of aryl methyl sites for hydroxylation is 1. The Bertz CT molecular complexity index is 598. The van der Waals surface area contributed by atoms with E-state index >= 15 is 0 Å². The minimum atomic E-state index is 0.0843. The van der Waals surface area contributed by atoms with E-state index in [2.05, 4.69) is 25.1 Å². The van der Waals surface area contributed by atoms with Crippen LogP contribution in [0.25, 0.3) is 0 Å². The first-order valence-corrected chi connectivity index (χ1v) is 8.31. The topological polar surface area (TPSA) is 66.9 Å². The third-order valence-corrected chi connectivity index (χ3v) is 5.16. The van der Waals surface area contributed by atoms with Crippen LogP contribution in [0.3, 0.4) is 0 Å². The van der Waals surface area contributed by atoms with Crippen LogP contribution in [-0.2, 0) is 11.3 Å². The van der Waals surface area contributed by atoms with Gasteiger partial charge in [-0.05, 0) is 32.2 Å². The van der Waals surface area contributed by atoms with E-state index in [1.165, 1.54) is 11.4 Å². The van der Waals surface area contributed by atoms with E-state index in [4.69, 9.17) is 4.74 Å². The molecular formula is C14H19N5OS. The van der Waals surface area contributed by atoms with Gasteiger partial charge in [0.1, 0.15) is 16.9 Å². The van der Waals surface area contributed by atoms with Gasteiger partial charge >= 0.3 is 0 Å². The summed E-state index contributed by atoms with van der Waals surface area (Å²) in [4.78, 5) is 11.2. The summed E-state index contributed by atoms with van der Waals surface area (Å²) < 4.78 is 6.22. The molecule has 0 amide bonds. The summed E-state index contributed by atoms with van der Waals surface area (Å²) >= 11 is 1.73. The molecule has 4 heterocycles. The lowest BCUT2D eigenvalue weighted by Gasteiger charge is -2.33. The van der Waals surface area contributed by atoms with E-state index in [0.29, 0.717) is 12.0 Å². The average molecular weight is 305 g/mol. The van der Waals surface area contributed by atoms with Crippen LogP contribution < -0.4 is 0 Å². The van der Waals surface area contributed by atoms with Gasteiger partial charge in [-0.15, -0.1) is 11.3 Å². The van der Waals surface area contributed by atoms with Gasteiger partial charge in [-0.2, -0.15) is 5.10 Å². The lowest BCUT2D eigenvalue weighted by atomic mass is 9.92. The molecule has 21 heavy (non-hydrogen) atoms. The second kappa shape index (κ2) is 5.47. The van der Waals surface area contributed by atoms with Crippen molar-refractivity contribution in [3.05, 3.63) is 28.2 Å².